The van der Waals surface area contributed by atoms with Gasteiger partial charge in [-0.1, -0.05) is 12.1 Å². The molecule has 30 heavy (non-hydrogen) atoms. The van der Waals surface area contributed by atoms with Gasteiger partial charge in [-0.3, -0.25) is 4.79 Å². The number of aryl methyl sites for hydroxylation is 1. The maximum absolute atomic E-state index is 12.4. The van der Waals surface area contributed by atoms with Crippen LogP contribution in [0.2, 0.25) is 0 Å². The minimum atomic E-state index is -0.408. The number of nitrogens with two attached hydrogens (primary N) is 1. The third kappa shape index (κ3) is 5.08. The van der Waals surface area contributed by atoms with Gasteiger partial charge in [-0.05, 0) is 93.7 Å². The fourth-order valence-corrected chi connectivity index (χ4v) is 5.53. The lowest BCUT2D eigenvalue weighted by Gasteiger charge is -2.41. The first-order valence-electron chi connectivity index (χ1n) is 11.3. The van der Waals surface area contributed by atoms with E-state index in [0.29, 0.717) is 11.8 Å². The molecular weight excluding hydrogens is 378 g/mol. The molecule has 3 rings (SSSR count). The van der Waals surface area contributed by atoms with Gasteiger partial charge in [0.1, 0.15) is 5.75 Å². The number of carbonyl (C=O) groups excluding carboxylic acids is 2. The van der Waals surface area contributed by atoms with E-state index in [1.165, 1.54) is 11.1 Å². The standard InChI is InChI=1S/C24H37N3O3/c1-16-14-19(8-9-21(16)30-3)18-6-4-17(5-7-18)15-24(22(25)28)12-10-20(11-13-24)27-23(29)26-2/h8-9,14,17-18,20H,4-7,10-13,15H2,1-3H3,(H2,25,28)(H2,26,27,29). The van der Waals surface area contributed by atoms with Crippen molar-refractivity contribution in [2.45, 2.75) is 76.7 Å². The Kier molecular flexibility index (Phi) is 7.27. The number of nitrogens with one attached hydrogen (secondary N) is 2. The summed E-state index contributed by atoms with van der Waals surface area (Å²) >= 11 is 0. The molecule has 2 aliphatic rings. The third-order valence-corrected chi connectivity index (χ3v) is 7.44. The lowest BCUT2D eigenvalue weighted by molar-refractivity contribution is -0.131. The summed E-state index contributed by atoms with van der Waals surface area (Å²) in [6.07, 6.45) is 8.67. The summed E-state index contributed by atoms with van der Waals surface area (Å²) in [5.41, 5.74) is 8.08. The number of urea groups is 1. The molecule has 4 N–H and O–H groups in total. The van der Waals surface area contributed by atoms with Crippen molar-refractivity contribution in [3.63, 3.8) is 0 Å². The van der Waals surface area contributed by atoms with E-state index in [-0.39, 0.29) is 18.0 Å². The molecule has 0 spiro atoms. The van der Waals surface area contributed by atoms with E-state index in [1.54, 1.807) is 14.2 Å². The van der Waals surface area contributed by atoms with Gasteiger partial charge in [0, 0.05) is 18.5 Å². The van der Waals surface area contributed by atoms with Crippen LogP contribution in [0.25, 0.3) is 0 Å². The molecule has 0 aliphatic heterocycles. The van der Waals surface area contributed by atoms with E-state index in [1.807, 2.05) is 0 Å². The molecular formula is C24H37N3O3. The van der Waals surface area contributed by atoms with Crippen LogP contribution in [0.3, 0.4) is 0 Å². The molecule has 2 saturated carbocycles. The number of benzene rings is 1. The van der Waals surface area contributed by atoms with Gasteiger partial charge in [-0.15, -0.1) is 0 Å². The topological polar surface area (TPSA) is 93.4 Å². The minimum absolute atomic E-state index is 0.131. The molecule has 0 unspecified atom stereocenters. The highest BCUT2D eigenvalue weighted by Gasteiger charge is 2.42. The van der Waals surface area contributed by atoms with Crippen LogP contribution >= 0.6 is 0 Å². The van der Waals surface area contributed by atoms with Crippen molar-refractivity contribution in [1.29, 1.82) is 0 Å². The summed E-state index contributed by atoms with van der Waals surface area (Å²) in [4.78, 5) is 24.0. The van der Waals surface area contributed by atoms with Crippen molar-refractivity contribution >= 4 is 11.9 Å². The average Bonchev–Trinajstić information content (AvgIpc) is 2.75. The molecule has 3 amide bonds. The number of primary amides is 1. The lowest BCUT2D eigenvalue weighted by Crippen LogP contribution is -2.48. The van der Waals surface area contributed by atoms with Gasteiger partial charge < -0.3 is 21.1 Å². The Balaban J connectivity index is 1.55. The summed E-state index contributed by atoms with van der Waals surface area (Å²) in [5.74, 6) is 1.92. The van der Waals surface area contributed by atoms with Gasteiger partial charge in [0.2, 0.25) is 5.91 Å². The number of methoxy groups -OCH3 is 1. The molecule has 0 radical (unpaired) electrons. The van der Waals surface area contributed by atoms with Gasteiger partial charge in [-0.25, -0.2) is 4.79 Å². The largest absolute Gasteiger partial charge is 0.496 e. The predicted octanol–water partition coefficient (Wildman–Crippen LogP) is 4.01. The molecule has 0 aromatic heterocycles. The Bertz CT molecular complexity index is 748. The number of rotatable bonds is 6. The van der Waals surface area contributed by atoms with Gasteiger partial charge in [0.05, 0.1) is 7.11 Å². The Morgan fingerprint density at radius 3 is 2.33 bits per heavy atom. The third-order valence-electron chi connectivity index (χ3n) is 7.44. The maximum Gasteiger partial charge on any atom is 0.314 e. The van der Waals surface area contributed by atoms with E-state index in [2.05, 4.69) is 35.8 Å². The van der Waals surface area contributed by atoms with Crippen LogP contribution in [0.5, 0.6) is 5.75 Å². The Morgan fingerprint density at radius 2 is 1.80 bits per heavy atom. The summed E-state index contributed by atoms with van der Waals surface area (Å²) in [7, 11) is 3.33. The highest BCUT2D eigenvalue weighted by molar-refractivity contribution is 5.81. The smallest absolute Gasteiger partial charge is 0.314 e. The van der Waals surface area contributed by atoms with Crippen molar-refractivity contribution in [3.05, 3.63) is 29.3 Å². The summed E-state index contributed by atoms with van der Waals surface area (Å²) < 4.78 is 5.39. The molecule has 6 nitrogen and oxygen atoms in total. The summed E-state index contributed by atoms with van der Waals surface area (Å²) in [6.45, 7) is 2.10. The van der Waals surface area contributed by atoms with E-state index in [0.717, 1.165) is 63.5 Å². The van der Waals surface area contributed by atoms with E-state index < -0.39 is 5.41 Å². The van der Waals surface area contributed by atoms with Crippen LogP contribution in [-0.2, 0) is 4.79 Å². The first-order chi connectivity index (χ1) is 14.4. The zero-order chi connectivity index (χ0) is 21.7. The minimum Gasteiger partial charge on any atom is -0.496 e. The monoisotopic (exact) mass is 415 g/mol. The highest BCUT2D eigenvalue weighted by Crippen LogP contribution is 2.46. The van der Waals surface area contributed by atoms with Crippen LogP contribution in [0.15, 0.2) is 18.2 Å². The Labute approximate surface area is 180 Å². The lowest BCUT2D eigenvalue weighted by atomic mass is 9.64. The zero-order valence-corrected chi connectivity index (χ0v) is 18.6. The van der Waals surface area contributed by atoms with Gasteiger partial charge in [0.15, 0.2) is 0 Å². The molecule has 0 saturated heterocycles. The number of ether oxygens (including phenoxy) is 1. The predicted molar refractivity (Wildman–Crippen MR) is 119 cm³/mol. The SMILES string of the molecule is CNC(=O)NC1CCC(CC2CCC(c3ccc(OC)c(C)c3)CC2)(C(N)=O)CC1. The summed E-state index contributed by atoms with van der Waals surface area (Å²) in [5, 5.41) is 5.57. The molecule has 1 aromatic carbocycles. The molecule has 0 atom stereocenters. The molecule has 0 heterocycles. The number of amides is 3. The molecule has 166 valence electrons. The van der Waals surface area contributed by atoms with Gasteiger partial charge in [-0.2, -0.15) is 0 Å². The highest BCUT2D eigenvalue weighted by atomic mass is 16.5. The van der Waals surface area contributed by atoms with Crippen molar-refractivity contribution in [1.82, 2.24) is 10.6 Å². The van der Waals surface area contributed by atoms with Crippen molar-refractivity contribution in [3.8, 4) is 5.75 Å². The second-order valence-corrected chi connectivity index (χ2v) is 9.29. The molecule has 6 heteroatoms. The fourth-order valence-electron chi connectivity index (χ4n) is 5.53. The summed E-state index contributed by atoms with van der Waals surface area (Å²) in [6, 6.07) is 6.51. The van der Waals surface area contributed by atoms with Crippen LogP contribution in [0, 0.1) is 18.3 Å². The maximum atomic E-state index is 12.4. The van der Waals surface area contributed by atoms with Gasteiger partial charge in [0.25, 0.3) is 0 Å². The van der Waals surface area contributed by atoms with Crippen molar-refractivity contribution in [2.75, 3.05) is 14.2 Å². The fraction of sp³-hybridized carbons (Fsp3) is 0.667. The quantitative estimate of drug-likeness (QED) is 0.655. The Morgan fingerprint density at radius 1 is 1.13 bits per heavy atom. The normalized spacial score (nSPS) is 29.1. The van der Waals surface area contributed by atoms with E-state index in [9.17, 15) is 9.59 Å². The van der Waals surface area contributed by atoms with E-state index in [4.69, 9.17) is 10.5 Å². The first kappa shape index (κ1) is 22.4. The molecule has 2 fully saturated rings. The number of carbonyl (C=O) groups is 2. The molecule has 0 bridgehead atoms. The first-order valence-corrected chi connectivity index (χ1v) is 11.3. The Hall–Kier alpha value is -2.24. The average molecular weight is 416 g/mol. The van der Waals surface area contributed by atoms with Crippen LogP contribution in [0.1, 0.15) is 74.8 Å². The second kappa shape index (κ2) is 9.71. The second-order valence-electron chi connectivity index (χ2n) is 9.29. The van der Waals surface area contributed by atoms with Crippen molar-refractivity contribution < 1.29 is 14.3 Å². The van der Waals surface area contributed by atoms with Gasteiger partial charge >= 0.3 is 6.03 Å². The van der Waals surface area contributed by atoms with Crippen LogP contribution in [0.4, 0.5) is 4.79 Å². The van der Waals surface area contributed by atoms with Crippen LogP contribution < -0.4 is 21.1 Å². The number of hydrogen-bond acceptors (Lipinski definition) is 3. The van der Waals surface area contributed by atoms with Crippen LogP contribution in [-0.4, -0.2) is 32.1 Å². The van der Waals surface area contributed by atoms with Crippen molar-refractivity contribution in [2.24, 2.45) is 17.1 Å². The zero-order valence-electron chi connectivity index (χ0n) is 18.6. The molecule has 1 aromatic rings. The number of hydrogen-bond donors (Lipinski definition) is 3. The van der Waals surface area contributed by atoms with E-state index >= 15 is 0 Å². The molecule has 2 aliphatic carbocycles.